The molecule has 1 saturated carbocycles. The number of benzene rings is 1. The zero-order valence-electron chi connectivity index (χ0n) is 18.3. The lowest BCUT2D eigenvalue weighted by Crippen LogP contribution is -2.46. The predicted molar refractivity (Wildman–Crippen MR) is 122 cm³/mol. The fourth-order valence-electron chi connectivity index (χ4n) is 3.96. The summed E-state index contributed by atoms with van der Waals surface area (Å²) in [6.45, 7) is 6.56. The van der Waals surface area contributed by atoms with E-state index in [9.17, 15) is 0 Å². The lowest BCUT2D eigenvalue weighted by molar-refractivity contribution is -0.111. The van der Waals surface area contributed by atoms with E-state index in [4.69, 9.17) is 20.3 Å². The van der Waals surface area contributed by atoms with Gasteiger partial charge in [0.2, 0.25) is 5.71 Å². The van der Waals surface area contributed by atoms with Crippen LogP contribution in [0, 0.1) is 0 Å². The number of rotatable bonds is 7. The van der Waals surface area contributed by atoms with Crippen LogP contribution in [0.4, 0.5) is 11.5 Å². The Bertz CT molecular complexity index is 1100. The monoisotopic (exact) mass is 433 g/mol. The van der Waals surface area contributed by atoms with Gasteiger partial charge in [-0.1, -0.05) is 0 Å². The molecule has 0 amide bonds. The highest BCUT2D eigenvalue weighted by Crippen LogP contribution is 2.40. The molecule has 3 aromatic rings. The highest BCUT2D eigenvalue weighted by Gasteiger charge is 2.40. The Hall–Kier alpha value is -3.39. The van der Waals surface area contributed by atoms with Crippen LogP contribution in [-0.4, -0.2) is 52.4 Å². The molecule has 1 aliphatic heterocycles. The van der Waals surface area contributed by atoms with Gasteiger partial charge in [-0.2, -0.15) is 0 Å². The van der Waals surface area contributed by atoms with E-state index in [0.717, 1.165) is 68.5 Å². The molecule has 5 rings (SSSR count). The third-order valence-corrected chi connectivity index (χ3v) is 6.22. The maximum Gasteiger partial charge on any atom is 0.232 e. The Morgan fingerprint density at radius 2 is 1.97 bits per heavy atom. The first-order chi connectivity index (χ1) is 15.5. The minimum atomic E-state index is -0.0662. The summed E-state index contributed by atoms with van der Waals surface area (Å²) in [6, 6.07) is 11.5. The third kappa shape index (κ3) is 4.45. The fraction of sp³-hybridized carbons (Fsp3) is 0.375. The van der Waals surface area contributed by atoms with Crippen LogP contribution in [-0.2, 0) is 6.54 Å². The number of nitrogens with zero attached hydrogens (tertiary/aromatic N) is 4. The van der Waals surface area contributed by atoms with E-state index in [1.165, 1.54) is 0 Å². The number of nitrogen functional groups attached to an aromatic ring is 1. The van der Waals surface area contributed by atoms with Crippen molar-refractivity contribution in [2.75, 3.05) is 36.8 Å². The number of piperazine rings is 1. The largest absolute Gasteiger partial charge is 0.488 e. The Balaban J connectivity index is 1.28. The molecule has 0 bridgehead atoms. The zero-order valence-corrected chi connectivity index (χ0v) is 18.3. The molecule has 1 aliphatic carbocycles. The molecule has 3 heterocycles. The molecule has 0 atom stereocenters. The molecule has 32 heavy (non-hydrogen) atoms. The summed E-state index contributed by atoms with van der Waals surface area (Å²) in [5.74, 6) is 2.63. The van der Waals surface area contributed by atoms with Crippen molar-refractivity contribution in [3.05, 3.63) is 66.0 Å². The molecule has 8 heteroatoms. The van der Waals surface area contributed by atoms with Crippen LogP contribution in [0.25, 0.3) is 0 Å². The van der Waals surface area contributed by atoms with Crippen LogP contribution in [0.2, 0.25) is 0 Å². The van der Waals surface area contributed by atoms with E-state index in [0.29, 0.717) is 17.1 Å². The molecule has 0 unspecified atom stereocenters. The van der Waals surface area contributed by atoms with E-state index in [1.807, 2.05) is 36.4 Å². The van der Waals surface area contributed by atoms with Gasteiger partial charge in [-0.05, 0) is 50.1 Å². The van der Waals surface area contributed by atoms with Gasteiger partial charge in [0.05, 0.1) is 18.4 Å². The highest BCUT2D eigenvalue weighted by molar-refractivity contribution is 6.11. The first kappa shape index (κ1) is 20.5. The number of hydrogen-bond acceptors (Lipinski definition) is 7. The number of aromatic nitrogens is 2. The molecular weight excluding hydrogens is 404 g/mol. The molecule has 1 aromatic carbocycles. The quantitative estimate of drug-likeness (QED) is 0.430. The minimum absolute atomic E-state index is 0.0662. The van der Waals surface area contributed by atoms with Crippen molar-refractivity contribution < 1.29 is 14.6 Å². The predicted octanol–water partition coefficient (Wildman–Crippen LogP) is 1.50. The van der Waals surface area contributed by atoms with Gasteiger partial charge in [-0.15, -0.1) is 0 Å². The number of anilines is 2. The van der Waals surface area contributed by atoms with E-state index >= 15 is 0 Å². The summed E-state index contributed by atoms with van der Waals surface area (Å²) in [6.07, 6.45) is 5.41. The Morgan fingerprint density at radius 3 is 2.69 bits per heavy atom. The molecule has 8 nitrogen and oxygen atoms in total. The van der Waals surface area contributed by atoms with E-state index < -0.39 is 0 Å². The summed E-state index contributed by atoms with van der Waals surface area (Å²) in [7, 11) is 0. The second kappa shape index (κ2) is 8.27. The number of ether oxygens (including phenoxy) is 1. The van der Waals surface area contributed by atoms with Crippen molar-refractivity contribution >= 4 is 17.2 Å². The summed E-state index contributed by atoms with van der Waals surface area (Å²) in [5.41, 5.74) is 8.69. The molecule has 2 aliphatic rings. The van der Waals surface area contributed by atoms with Crippen molar-refractivity contribution in [2.24, 2.45) is 0 Å². The lowest BCUT2D eigenvalue weighted by Gasteiger charge is -2.34. The van der Waals surface area contributed by atoms with Crippen LogP contribution in [0.3, 0.4) is 0 Å². The van der Waals surface area contributed by atoms with Crippen molar-refractivity contribution in [3.63, 3.8) is 0 Å². The van der Waals surface area contributed by atoms with Crippen LogP contribution < -0.4 is 20.8 Å². The molecule has 2 aromatic heterocycles. The number of nitrogens with two attached hydrogens (primary N) is 2. The number of furan rings is 1. The Labute approximate surface area is 187 Å². The molecular formula is C24H29N6O2+. The van der Waals surface area contributed by atoms with Gasteiger partial charge < -0.3 is 19.8 Å². The highest BCUT2D eigenvalue weighted by atomic mass is 16.5. The lowest BCUT2D eigenvalue weighted by atomic mass is 10.0. The zero-order chi connectivity index (χ0) is 22.1. The van der Waals surface area contributed by atoms with Gasteiger partial charge in [-0.25, -0.2) is 9.97 Å². The van der Waals surface area contributed by atoms with Crippen LogP contribution >= 0.6 is 0 Å². The van der Waals surface area contributed by atoms with Crippen LogP contribution in [0.5, 0.6) is 5.75 Å². The van der Waals surface area contributed by atoms with E-state index in [1.54, 1.807) is 12.6 Å². The summed E-state index contributed by atoms with van der Waals surface area (Å²) in [4.78, 5) is 13.5. The Morgan fingerprint density at radius 1 is 1.16 bits per heavy atom. The van der Waals surface area contributed by atoms with Gasteiger partial charge >= 0.3 is 0 Å². The van der Waals surface area contributed by atoms with E-state index in [-0.39, 0.29) is 5.60 Å². The van der Waals surface area contributed by atoms with Gasteiger partial charge in [-0.3, -0.25) is 10.3 Å². The average Bonchev–Trinajstić information content (AvgIpc) is 3.30. The van der Waals surface area contributed by atoms with Crippen LogP contribution in [0.1, 0.15) is 36.8 Å². The van der Waals surface area contributed by atoms with Crippen molar-refractivity contribution in [1.29, 1.82) is 0 Å². The van der Waals surface area contributed by atoms with E-state index in [2.05, 4.69) is 26.7 Å². The smallest absolute Gasteiger partial charge is 0.232 e. The minimum Gasteiger partial charge on any atom is -0.488 e. The third-order valence-electron chi connectivity index (χ3n) is 6.22. The normalized spacial score (nSPS) is 17.8. The first-order valence-electron chi connectivity index (χ1n) is 11.0. The average molecular weight is 434 g/mol. The second-order valence-electron chi connectivity index (χ2n) is 8.82. The fourth-order valence-corrected chi connectivity index (χ4v) is 3.96. The van der Waals surface area contributed by atoms with Crippen LogP contribution in [0.15, 0.2) is 53.4 Å². The summed E-state index contributed by atoms with van der Waals surface area (Å²) < 4.78 is 11.6. The number of hydrogen-bond donors (Lipinski definition) is 2. The first-order valence-corrected chi connectivity index (χ1v) is 11.0. The van der Waals surface area contributed by atoms with Gasteiger partial charge in [0.25, 0.3) is 0 Å². The van der Waals surface area contributed by atoms with Gasteiger partial charge in [0, 0.05) is 37.9 Å². The summed E-state index contributed by atoms with van der Waals surface area (Å²) in [5, 5.41) is 6.52. The van der Waals surface area contributed by atoms with Gasteiger partial charge in [0.15, 0.2) is 0 Å². The second-order valence-corrected chi connectivity index (χ2v) is 8.82. The van der Waals surface area contributed by atoms with Crippen molar-refractivity contribution in [1.82, 2.24) is 14.9 Å². The molecule has 1 saturated heterocycles. The molecule has 0 radical (unpaired) electrons. The summed E-state index contributed by atoms with van der Waals surface area (Å²) >= 11 is 0. The molecule has 2 fully saturated rings. The van der Waals surface area contributed by atoms with Gasteiger partial charge in [0.1, 0.15) is 34.9 Å². The molecule has 4 N–H and O–H groups in total. The molecule has 166 valence electrons. The standard InChI is InChI=1S/C24H28N6O2/c1-24(6-7-24)32-17-4-5-20(25)19(13-17)23(26)21-14-22(28-16-27-21)30-10-8-29(9-11-30)15-18-3-2-12-31-18/h2-5,12-14,16,26H,6-11,15,25H2,1H3/p+1. The molecule has 0 spiro atoms. The topological polar surface area (TPSA) is 106 Å². The SMILES string of the molecule is CC1(Oc2ccc(N)c(C(=[NH2+])c3cc(N4CCN(Cc5ccco5)CC4)ncn3)c2)CC1. The van der Waals surface area contributed by atoms with Crippen molar-refractivity contribution in [2.45, 2.75) is 31.9 Å². The Kier molecular flexibility index (Phi) is 5.30. The van der Waals surface area contributed by atoms with Crippen molar-refractivity contribution in [3.8, 4) is 5.75 Å². The maximum absolute atomic E-state index is 6.52. The maximum atomic E-state index is 6.52.